The van der Waals surface area contributed by atoms with Crippen LogP contribution in [0.1, 0.15) is 26.7 Å². The van der Waals surface area contributed by atoms with E-state index in [1.807, 2.05) is 0 Å². The number of rotatable bonds is 8. The lowest BCUT2D eigenvalue weighted by Crippen LogP contribution is -2.29. The zero-order valence-electron chi connectivity index (χ0n) is 12.4. The third kappa shape index (κ3) is 7.20. The van der Waals surface area contributed by atoms with Crippen molar-refractivity contribution in [1.29, 1.82) is 0 Å². The highest BCUT2D eigenvalue weighted by Gasteiger charge is 2.08. The van der Waals surface area contributed by atoms with Crippen LogP contribution < -0.4 is 15.4 Å². The summed E-state index contributed by atoms with van der Waals surface area (Å²) in [5.74, 6) is -0.125. The molecule has 116 valence electrons. The Bertz CT molecular complexity index is 474. The van der Waals surface area contributed by atoms with Gasteiger partial charge in [-0.1, -0.05) is 26.0 Å². The van der Waals surface area contributed by atoms with Crippen molar-refractivity contribution in [3.05, 3.63) is 24.3 Å². The minimum Gasteiger partial charge on any atom is -0.480 e. The normalized spacial score (nSPS) is 10.2. The van der Waals surface area contributed by atoms with E-state index in [2.05, 4.69) is 24.5 Å². The molecule has 0 atom stereocenters. The number of nitrogens with one attached hydrogen (secondary N) is 2. The van der Waals surface area contributed by atoms with Crippen molar-refractivity contribution in [3.8, 4) is 5.75 Å². The summed E-state index contributed by atoms with van der Waals surface area (Å²) < 4.78 is 5.11. The van der Waals surface area contributed by atoms with E-state index >= 15 is 0 Å². The molecule has 0 heterocycles. The van der Waals surface area contributed by atoms with Gasteiger partial charge in [-0.3, -0.25) is 0 Å². The number of anilines is 1. The number of aliphatic carboxylic acids is 1. The average molecular weight is 294 g/mol. The molecule has 6 heteroatoms. The maximum absolute atomic E-state index is 11.8. The van der Waals surface area contributed by atoms with Gasteiger partial charge in [-0.15, -0.1) is 0 Å². The van der Waals surface area contributed by atoms with E-state index in [4.69, 9.17) is 9.84 Å². The second-order valence-corrected chi connectivity index (χ2v) is 5.10. The van der Waals surface area contributed by atoms with E-state index in [1.54, 1.807) is 24.3 Å². The molecule has 1 aromatic carbocycles. The van der Waals surface area contributed by atoms with Gasteiger partial charge in [-0.2, -0.15) is 0 Å². The summed E-state index contributed by atoms with van der Waals surface area (Å²) in [7, 11) is 0. The van der Waals surface area contributed by atoms with E-state index < -0.39 is 12.6 Å². The molecule has 0 spiro atoms. The molecule has 0 radical (unpaired) electrons. The first kappa shape index (κ1) is 16.8. The number of hydrogen-bond acceptors (Lipinski definition) is 3. The first-order valence-corrected chi connectivity index (χ1v) is 6.97. The molecule has 0 aliphatic rings. The van der Waals surface area contributed by atoms with Gasteiger partial charge in [0.1, 0.15) is 5.75 Å². The maximum atomic E-state index is 11.8. The summed E-state index contributed by atoms with van der Waals surface area (Å²) in [6, 6.07) is 6.39. The van der Waals surface area contributed by atoms with Gasteiger partial charge in [-0.05, 0) is 30.9 Å². The zero-order chi connectivity index (χ0) is 15.7. The number of carbonyl (C=O) groups excluding carboxylic acids is 1. The van der Waals surface area contributed by atoms with Crippen LogP contribution >= 0.6 is 0 Å². The zero-order valence-corrected chi connectivity index (χ0v) is 12.4. The molecular weight excluding hydrogens is 272 g/mol. The van der Waals surface area contributed by atoms with Crippen molar-refractivity contribution in [2.75, 3.05) is 18.5 Å². The van der Waals surface area contributed by atoms with Crippen molar-refractivity contribution >= 4 is 17.7 Å². The van der Waals surface area contributed by atoms with Crippen LogP contribution in [0.2, 0.25) is 0 Å². The molecule has 0 fully saturated rings. The second kappa shape index (κ2) is 8.84. The quantitative estimate of drug-likeness (QED) is 0.643. The molecule has 0 unspecified atom stereocenters. The summed E-state index contributed by atoms with van der Waals surface area (Å²) in [6.07, 6.45) is 1.97. The summed E-state index contributed by atoms with van der Waals surface area (Å²) >= 11 is 0. The van der Waals surface area contributed by atoms with Crippen molar-refractivity contribution in [3.63, 3.8) is 0 Å². The first-order valence-electron chi connectivity index (χ1n) is 6.97. The molecule has 3 N–H and O–H groups in total. The summed E-state index contributed by atoms with van der Waals surface area (Å²) in [5, 5.41) is 14.0. The molecule has 1 rings (SSSR count). The second-order valence-electron chi connectivity index (χ2n) is 5.10. The van der Waals surface area contributed by atoms with E-state index in [-0.39, 0.29) is 6.03 Å². The largest absolute Gasteiger partial charge is 0.480 e. The lowest BCUT2D eigenvalue weighted by atomic mass is 10.1. The number of benzene rings is 1. The van der Waals surface area contributed by atoms with E-state index in [0.29, 0.717) is 23.9 Å². The molecule has 6 nitrogen and oxygen atoms in total. The van der Waals surface area contributed by atoms with Gasteiger partial charge in [0.05, 0.1) is 5.69 Å². The third-order valence-corrected chi connectivity index (χ3v) is 2.73. The number of amides is 2. The molecule has 0 bridgehead atoms. The van der Waals surface area contributed by atoms with Crippen molar-refractivity contribution in [1.82, 2.24) is 5.32 Å². The van der Waals surface area contributed by atoms with Gasteiger partial charge in [0.25, 0.3) is 0 Å². The number of ether oxygens (including phenoxy) is 1. The fourth-order valence-corrected chi connectivity index (χ4v) is 1.71. The van der Waals surface area contributed by atoms with Gasteiger partial charge in [-0.25, -0.2) is 9.59 Å². The number of hydrogen-bond donors (Lipinski definition) is 3. The predicted octanol–water partition coefficient (Wildman–Crippen LogP) is 2.71. The van der Waals surface area contributed by atoms with Crippen LogP contribution in [0.4, 0.5) is 10.5 Å². The van der Waals surface area contributed by atoms with Crippen molar-refractivity contribution in [2.45, 2.75) is 26.7 Å². The van der Waals surface area contributed by atoms with Crippen molar-refractivity contribution < 1.29 is 19.4 Å². The first-order chi connectivity index (χ1) is 9.99. The molecular formula is C15H22N2O4. The summed E-state index contributed by atoms with van der Waals surface area (Å²) in [6.45, 7) is 4.42. The molecule has 0 aromatic heterocycles. The predicted molar refractivity (Wildman–Crippen MR) is 80.7 cm³/mol. The fourth-order valence-electron chi connectivity index (χ4n) is 1.71. The van der Waals surface area contributed by atoms with Crippen molar-refractivity contribution in [2.24, 2.45) is 5.92 Å². The molecule has 21 heavy (non-hydrogen) atoms. The Hall–Kier alpha value is -2.24. The van der Waals surface area contributed by atoms with E-state index in [0.717, 1.165) is 12.8 Å². The Kier molecular flexibility index (Phi) is 7.08. The van der Waals surface area contributed by atoms with Crippen LogP contribution in [0.5, 0.6) is 5.75 Å². The Balaban J connectivity index is 2.46. The van der Waals surface area contributed by atoms with Crippen LogP contribution in [-0.2, 0) is 4.79 Å². The summed E-state index contributed by atoms with van der Waals surface area (Å²) in [5.41, 5.74) is 0.445. The van der Waals surface area contributed by atoms with Gasteiger partial charge in [0.15, 0.2) is 6.61 Å². The lowest BCUT2D eigenvalue weighted by Gasteiger charge is -2.12. The van der Waals surface area contributed by atoms with Crippen LogP contribution in [0.25, 0.3) is 0 Å². The standard InChI is InChI=1S/C15H22N2O4/c1-11(2)6-5-9-16-15(20)17-12-7-3-4-8-13(12)21-10-14(18)19/h3-4,7-8,11H,5-6,9-10H2,1-2H3,(H,18,19)(H2,16,17,20). The van der Waals surface area contributed by atoms with Crippen LogP contribution in [0.3, 0.4) is 0 Å². The number of carbonyl (C=O) groups is 2. The Morgan fingerprint density at radius 3 is 2.67 bits per heavy atom. The third-order valence-electron chi connectivity index (χ3n) is 2.73. The van der Waals surface area contributed by atoms with Crippen LogP contribution in [-0.4, -0.2) is 30.3 Å². The van der Waals surface area contributed by atoms with Gasteiger partial charge in [0, 0.05) is 6.54 Å². The lowest BCUT2D eigenvalue weighted by molar-refractivity contribution is -0.139. The maximum Gasteiger partial charge on any atom is 0.341 e. The molecule has 0 saturated carbocycles. The number of carboxylic acids is 1. The monoisotopic (exact) mass is 294 g/mol. The van der Waals surface area contributed by atoms with Gasteiger partial charge in [0.2, 0.25) is 0 Å². The average Bonchev–Trinajstić information content (AvgIpc) is 2.42. The summed E-state index contributed by atoms with van der Waals surface area (Å²) in [4.78, 5) is 22.3. The smallest absolute Gasteiger partial charge is 0.341 e. The number of carboxylic acid groups (broad SMARTS) is 1. The molecule has 2 amide bonds. The van der Waals surface area contributed by atoms with E-state index in [9.17, 15) is 9.59 Å². The highest BCUT2D eigenvalue weighted by molar-refractivity contribution is 5.90. The Labute approximate surface area is 124 Å². The number of para-hydroxylation sites is 2. The molecule has 0 aliphatic carbocycles. The minimum absolute atomic E-state index is 0.329. The highest BCUT2D eigenvalue weighted by atomic mass is 16.5. The Morgan fingerprint density at radius 1 is 1.29 bits per heavy atom. The molecule has 0 saturated heterocycles. The fraction of sp³-hybridized carbons (Fsp3) is 0.467. The van der Waals surface area contributed by atoms with E-state index in [1.165, 1.54) is 0 Å². The van der Waals surface area contributed by atoms with Gasteiger partial charge < -0.3 is 20.5 Å². The number of urea groups is 1. The SMILES string of the molecule is CC(C)CCCNC(=O)Nc1ccccc1OCC(=O)O. The Morgan fingerprint density at radius 2 is 2.00 bits per heavy atom. The van der Waals surface area contributed by atoms with Crippen LogP contribution in [0.15, 0.2) is 24.3 Å². The topological polar surface area (TPSA) is 87.7 Å². The molecule has 0 aliphatic heterocycles. The highest BCUT2D eigenvalue weighted by Crippen LogP contribution is 2.23. The van der Waals surface area contributed by atoms with Crippen LogP contribution in [0, 0.1) is 5.92 Å². The minimum atomic E-state index is -1.07. The van der Waals surface area contributed by atoms with Gasteiger partial charge >= 0.3 is 12.0 Å². The molecule has 1 aromatic rings.